The number of aldehydes is 1. The first-order chi connectivity index (χ1) is 18.2. The van der Waals surface area contributed by atoms with Crippen LogP contribution >= 0.6 is 0 Å². The Balaban J connectivity index is 1.30. The zero-order valence-electron chi connectivity index (χ0n) is 22.2. The highest BCUT2D eigenvalue weighted by Gasteiger charge is 2.52. The van der Waals surface area contributed by atoms with Crippen molar-refractivity contribution in [3.63, 3.8) is 0 Å². The SMILES string of the molecule is CC1(C)OB(C(=Cc2cccc(C=O)c2)CNC(=O)OCC2c3ccccc3-c3ccccc32)OC1(C)C. The highest BCUT2D eigenvalue weighted by Crippen LogP contribution is 2.44. The molecule has 1 amide bonds. The van der Waals surface area contributed by atoms with Crippen molar-refractivity contribution in [1.29, 1.82) is 0 Å². The smallest absolute Gasteiger partial charge is 0.449 e. The molecule has 0 spiro atoms. The Labute approximate surface area is 224 Å². The second-order valence-electron chi connectivity index (χ2n) is 10.8. The van der Waals surface area contributed by atoms with Gasteiger partial charge in [0.1, 0.15) is 12.9 Å². The van der Waals surface area contributed by atoms with Crippen molar-refractivity contribution >= 4 is 25.6 Å². The van der Waals surface area contributed by atoms with E-state index in [2.05, 4.69) is 29.6 Å². The molecule has 1 saturated heterocycles. The number of nitrogens with one attached hydrogen (secondary N) is 1. The van der Waals surface area contributed by atoms with E-state index in [4.69, 9.17) is 14.0 Å². The second kappa shape index (κ2) is 10.2. The predicted octanol–water partition coefficient (Wildman–Crippen LogP) is 6.05. The average molecular weight is 509 g/mol. The van der Waals surface area contributed by atoms with Gasteiger partial charge in [-0.05, 0) is 67.1 Å². The molecular formula is C31H32BNO5. The number of benzene rings is 3. The maximum absolute atomic E-state index is 12.9. The lowest BCUT2D eigenvalue weighted by atomic mass is 9.77. The van der Waals surface area contributed by atoms with Crippen molar-refractivity contribution in [1.82, 2.24) is 5.32 Å². The molecule has 0 saturated carbocycles. The number of fused-ring (bicyclic) bond motifs is 3. The molecule has 0 unspecified atom stereocenters. The highest BCUT2D eigenvalue weighted by atomic mass is 16.7. The fourth-order valence-corrected chi connectivity index (χ4v) is 4.96. The van der Waals surface area contributed by atoms with Crippen LogP contribution in [0, 0.1) is 0 Å². The summed E-state index contributed by atoms with van der Waals surface area (Å²) < 4.78 is 18.2. The Morgan fingerprint density at radius 2 is 1.47 bits per heavy atom. The second-order valence-corrected chi connectivity index (χ2v) is 10.8. The molecule has 1 aliphatic heterocycles. The van der Waals surface area contributed by atoms with Gasteiger partial charge in [-0.2, -0.15) is 0 Å². The Morgan fingerprint density at radius 1 is 0.895 bits per heavy atom. The summed E-state index contributed by atoms with van der Waals surface area (Å²) in [5, 5.41) is 2.88. The van der Waals surface area contributed by atoms with Gasteiger partial charge in [-0.15, -0.1) is 0 Å². The van der Waals surface area contributed by atoms with Gasteiger partial charge in [-0.3, -0.25) is 4.79 Å². The summed E-state index contributed by atoms with van der Waals surface area (Å²) in [4.78, 5) is 24.1. The topological polar surface area (TPSA) is 73.9 Å². The van der Waals surface area contributed by atoms with E-state index in [0.29, 0.717) is 5.56 Å². The monoisotopic (exact) mass is 509 g/mol. The van der Waals surface area contributed by atoms with Gasteiger partial charge in [-0.1, -0.05) is 72.8 Å². The first kappa shape index (κ1) is 26.0. The lowest BCUT2D eigenvalue weighted by Crippen LogP contribution is -2.41. The van der Waals surface area contributed by atoms with Crippen LogP contribution < -0.4 is 5.32 Å². The van der Waals surface area contributed by atoms with Crippen LogP contribution in [0.2, 0.25) is 0 Å². The molecule has 0 bridgehead atoms. The van der Waals surface area contributed by atoms with Gasteiger partial charge in [0, 0.05) is 18.0 Å². The van der Waals surface area contributed by atoms with Crippen LogP contribution in [0.5, 0.6) is 0 Å². The first-order valence-corrected chi connectivity index (χ1v) is 12.9. The third-order valence-electron chi connectivity index (χ3n) is 7.74. The van der Waals surface area contributed by atoms with Gasteiger partial charge in [0.25, 0.3) is 0 Å². The normalized spacial score (nSPS) is 17.6. The minimum Gasteiger partial charge on any atom is -0.449 e. The maximum Gasteiger partial charge on any atom is 0.492 e. The van der Waals surface area contributed by atoms with Crippen LogP contribution in [-0.4, -0.2) is 43.9 Å². The Kier molecular flexibility index (Phi) is 6.99. The fourth-order valence-electron chi connectivity index (χ4n) is 4.96. The summed E-state index contributed by atoms with van der Waals surface area (Å²) in [6, 6.07) is 23.7. The number of carbonyl (C=O) groups is 2. The number of hydrogen-bond acceptors (Lipinski definition) is 5. The van der Waals surface area contributed by atoms with E-state index >= 15 is 0 Å². The van der Waals surface area contributed by atoms with E-state index in [0.717, 1.165) is 28.4 Å². The van der Waals surface area contributed by atoms with E-state index < -0.39 is 24.4 Å². The van der Waals surface area contributed by atoms with Gasteiger partial charge in [0.05, 0.1) is 11.2 Å². The maximum atomic E-state index is 12.9. The van der Waals surface area contributed by atoms with E-state index in [-0.39, 0.29) is 19.1 Å². The zero-order chi connectivity index (χ0) is 26.9. The molecular weight excluding hydrogens is 477 g/mol. The number of carbonyl (C=O) groups excluding carboxylic acids is 2. The molecule has 0 aromatic heterocycles. The predicted molar refractivity (Wildman–Crippen MR) is 149 cm³/mol. The summed E-state index contributed by atoms with van der Waals surface area (Å²) in [7, 11) is -0.659. The van der Waals surface area contributed by atoms with Gasteiger partial charge in [0.2, 0.25) is 0 Å². The lowest BCUT2D eigenvalue weighted by molar-refractivity contribution is 0.00578. The standard InChI is InChI=1S/C31H32BNO5/c1-30(2)31(3,4)38-32(37-30)23(17-21-10-9-11-22(16-21)19-34)18-33-29(35)36-20-28-26-14-7-5-12-24(26)25-13-6-8-15-27(25)28/h5-17,19,28H,18,20H2,1-4H3,(H,33,35). The molecule has 0 radical (unpaired) electrons. The molecule has 7 heteroatoms. The quantitative estimate of drug-likeness (QED) is 0.310. The molecule has 2 aliphatic rings. The molecule has 3 aromatic carbocycles. The minimum absolute atomic E-state index is 0.0164. The number of rotatable bonds is 7. The van der Waals surface area contributed by atoms with Crippen molar-refractivity contribution in [2.24, 2.45) is 0 Å². The molecule has 194 valence electrons. The molecule has 1 heterocycles. The summed E-state index contributed by atoms with van der Waals surface area (Å²) >= 11 is 0. The van der Waals surface area contributed by atoms with Gasteiger partial charge in [0.15, 0.2) is 0 Å². The van der Waals surface area contributed by atoms with Crippen LogP contribution in [0.1, 0.15) is 60.7 Å². The molecule has 5 rings (SSSR count). The lowest BCUT2D eigenvalue weighted by Gasteiger charge is -2.32. The van der Waals surface area contributed by atoms with Crippen LogP contribution in [-0.2, 0) is 14.0 Å². The Morgan fingerprint density at radius 3 is 2.08 bits per heavy atom. The molecule has 1 N–H and O–H groups in total. The average Bonchev–Trinajstić information content (AvgIpc) is 3.34. The summed E-state index contributed by atoms with van der Waals surface area (Å²) in [6.07, 6.45) is 2.18. The van der Waals surface area contributed by atoms with Gasteiger partial charge in [-0.25, -0.2) is 4.79 Å². The molecule has 6 nitrogen and oxygen atoms in total. The third-order valence-corrected chi connectivity index (χ3v) is 7.74. The van der Waals surface area contributed by atoms with Crippen molar-refractivity contribution in [3.05, 3.63) is 101 Å². The Hall–Kier alpha value is -3.68. The van der Waals surface area contributed by atoms with Crippen LogP contribution in [0.15, 0.2) is 78.3 Å². The molecule has 3 aromatic rings. The molecule has 1 aliphatic carbocycles. The van der Waals surface area contributed by atoms with E-state index in [1.165, 1.54) is 11.1 Å². The largest absolute Gasteiger partial charge is 0.492 e. The third kappa shape index (κ3) is 5.04. The van der Waals surface area contributed by atoms with Crippen LogP contribution in [0.3, 0.4) is 0 Å². The summed E-state index contributed by atoms with van der Waals surface area (Å²) in [5.74, 6) is -0.0164. The van der Waals surface area contributed by atoms with Crippen molar-refractivity contribution in [2.75, 3.05) is 13.2 Å². The number of hydrogen-bond donors (Lipinski definition) is 1. The first-order valence-electron chi connectivity index (χ1n) is 12.9. The van der Waals surface area contributed by atoms with Gasteiger partial charge < -0.3 is 19.4 Å². The fraction of sp³-hybridized carbons (Fsp3) is 0.290. The van der Waals surface area contributed by atoms with E-state index in [9.17, 15) is 9.59 Å². The minimum atomic E-state index is -0.659. The molecule has 0 atom stereocenters. The number of ether oxygens (including phenoxy) is 1. The van der Waals surface area contributed by atoms with E-state index in [1.807, 2.05) is 70.2 Å². The zero-order valence-corrected chi connectivity index (χ0v) is 22.2. The molecule has 1 fully saturated rings. The van der Waals surface area contributed by atoms with Crippen LogP contribution in [0.4, 0.5) is 4.79 Å². The number of amides is 1. The van der Waals surface area contributed by atoms with Crippen molar-refractivity contribution < 1.29 is 23.6 Å². The van der Waals surface area contributed by atoms with Gasteiger partial charge >= 0.3 is 13.2 Å². The summed E-state index contributed by atoms with van der Waals surface area (Å²) in [5.41, 5.74) is 5.71. The number of alkyl carbamates (subject to hydrolysis) is 1. The molecule has 38 heavy (non-hydrogen) atoms. The summed E-state index contributed by atoms with van der Waals surface area (Å²) in [6.45, 7) is 8.33. The Bertz CT molecular complexity index is 1330. The van der Waals surface area contributed by atoms with Crippen LogP contribution in [0.25, 0.3) is 17.2 Å². The highest BCUT2D eigenvalue weighted by molar-refractivity contribution is 6.56. The van der Waals surface area contributed by atoms with Crippen molar-refractivity contribution in [3.8, 4) is 11.1 Å². The van der Waals surface area contributed by atoms with E-state index in [1.54, 1.807) is 12.1 Å². The van der Waals surface area contributed by atoms with Crippen molar-refractivity contribution in [2.45, 2.75) is 44.8 Å².